The van der Waals surface area contributed by atoms with E-state index < -0.39 is 0 Å². The molecule has 0 radical (unpaired) electrons. The Morgan fingerprint density at radius 3 is 2.74 bits per heavy atom. The molecule has 0 aliphatic carbocycles. The normalized spacial score (nSPS) is 16.8. The van der Waals surface area contributed by atoms with Gasteiger partial charge in [0.1, 0.15) is 6.54 Å². The van der Waals surface area contributed by atoms with Gasteiger partial charge in [-0.15, -0.1) is 11.3 Å². The highest BCUT2D eigenvalue weighted by molar-refractivity contribution is 7.11. The van der Waals surface area contributed by atoms with Gasteiger partial charge >= 0.3 is 0 Å². The molecule has 1 saturated heterocycles. The number of likely N-dealkylation sites (N-methyl/N-ethyl adjacent to an activating group) is 1. The number of carbonyl (C=O) groups is 1. The SMILES string of the molecule is Cc1ccc(CC(C)NC(=NCC(=O)N(C)C)NCCN2CCOCC2)s1. The smallest absolute Gasteiger partial charge is 0.243 e. The van der Waals surface area contributed by atoms with Crippen molar-refractivity contribution < 1.29 is 9.53 Å². The summed E-state index contributed by atoms with van der Waals surface area (Å²) >= 11 is 1.82. The lowest BCUT2D eigenvalue weighted by Gasteiger charge is -2.27. The highest BCUT2D eigenvalue weighted by Gasteiger charge is 2.12. The maximum absolute atomic E-state index is 11.9. The molecule has 2 heterocycles. The lowest BCUT2D eigenvalue weighted by molar-refractivity contribution is -0.127. The van der Waals surface area contributed by atoms with Gasteiger partial charge in [0.2, 0.25) is 5.91 Å². The number of aryl methyl sites for hydroxylation is 1. The fourth-order valence-corrected chi connectivity index (χ4v) is 3.80. The number of morpholine rings is 1. The topological polar surface area (TPSA) is 69.2 Å². The van der Waals surface area contributed by atoms with Crippen molar-refractivity contribution in [2.45, 2.75) is 26.3 Å². The highest BCUT2D eigenvalue weighted by atomic mass is 32.1. The van der Waals surface area contributed by atoms with Crippen LogP contribution in [0.4, 0.5) is 0 Å². The molecule has 1 aliphatic rings. The standard InChI is InChI=1S/C19H33N5O2S/c1-15(13-17-6-5-16(2)27-17)22-19(21-14-18(25)23(3)4)20-7-8-24-9-11-26-12-10-24/h5-6,15H,7-14H2,1-4H3,(H2,20,21,22). The first-order valence-electron chi connectivity index (χ1n) is 9.54. The van der Waals surface area contributed by atoms with Crippen LogP contribution in [-0.4, -0.2) is 87.7 Å². The van der Waals surface area contributed by atoms with E-state index in [1.54, 1.807) is 19.0 Å². The van der Waals surface area contributed by atoms with Crippen LogP contribution in [0.5, 0.6) is 0 Å². The number of nitrogens with one attached hydrogen (secondary N) is 2. The van der Waals surface area contributed by atoms with Crippen molar-refractivity contribution in [1.82, 2.24) is 20.4 Å². The van der Waals surface area contributed by atoms with E-state index in [0.717, 1.165) is 45.8 Å². The van der Waals surface area contributed by atoms with Gasteiger partial charge in [-0.3, -0.25) is 9.69 Å². The third-order valence-corrected chi connectivity index (χ3v) is 5.40. The van der Waals surface area contributed by atoms with Gasteiger partial charge in [0.05, 0.1) is 13.2 Å². The van der Waals surface area contributed by atoms with Crippen LogP contribution in [0.1, 0.15) is 16.7 Å². The first-order chi connectivity index (χ1) is 12.9. The van der Waals surface area contributed by atoms with Gasteiger partial charge in [-0.2, -0.15) is 0 Å². The zero-order valence-electron chi connectivity index (χ0n) is 17.0. The number of carbonyl (C=O) groups excluding carboxylic acids is 1. The molecule has 1 atom stereocenters. The van der Waals surface area contributed by atoms with Crippen LogP contribution in [0.25, 0.3) is 0 Å². The number of amides is 1. The molecule has 2 rings (SSSR count). The molecule has 0 aromatic carbocycles. The molecule has 152 valence electrons. The lowest BCUT2D eigenvalue weighted by Crippen LogP contribution is -2.47. The lowest BCUT2D eigenvalue weighted by atomic mass is 10.2. The van der Waals surface area contributed by atoms with Crippen molar-refractivity contribution >= 4 is 23.2 Å². The second-order valence-corrected chi connectivity index (χ2v) is 8.47. The first-order valence-corrected chi connectivity index (χ1v) is 10.4. The second kappa shape index (κ2) is 11.3. The minimum atomic E-state index is -0.00851. The van der Waals surface area contributed by atoms with Gasteiger partial charge in [-0.1, -0.05) is 0 Å². The molecule has 1 aromatic heterocycles. The van der Waals surface area contributed by atoms with E-state index in [1.165, 1.54) is 9.75 Å². The van der Waals surface area contributed by atoms with E-state index in [0.29, 0.717) is 5.96 Å². The van der Waals surface area contributed by atoms with Crippen LogP contribution in [0.3, 0.4) is 0 Å². The summed E-state index contributed by atoms with van der Waals surface area (Å²) in [4.78, 5) is 23.0. The number of ether oxygens (including phenoxy) is 1. The minimum Gasteiger partial charge on any atom is -0.379 e. The van der Waals surface area contributed by atoms with Crippen LogP contribution < -0.4 is 10.6 Å². The second-order valence-electron chi connectivity index (χ2n) is 7.10. The number of nitrogens with zero attached hydrogens (tertiary/aromatic N) is 3. The fraction of sp³-hybridized carbons (Fsp3) is 0.684. The van der Waals surface area contributed by atoms with Crippen LogP contribution in [-0.2, 0) is 16.0 Å². The monoisotopic (exact) mass is 395 g/mol. The molecule has 2 N–H and O–H groups in total. The quantitative estimate of drug-likeness (QED) is 0.507. The Morgan fingerprint density at radius 2 is 2.11 bits per heavy atom. The Labute approximate surface area is 166 Å². The van der Waals surface area contributed by atoms with Crippen molar-refractivity contribution in [3.8, 4) is 0 Å². The zero-order chi connectivity index (χ0) is 19.6. The zero-order valence-corrected chi connectivity index (χ0v) is 17.8. The van der Waals surface area contributed by atoms with Crippen molar-refractivity contribution in [1.29, 1.82) is 0 Å². The molecule has 7 nitrogen and oxygen atoms in total. The van der Waals surface area contributed by atoms with Crippen LogP contribution in [0, 0.1) is 6.92 Å². The molecular formula is C19H33N5O2S. The summed E-state index contributed by atoms with van der Waals surface area (Å²) in [5, 5.41) is 6.81. The molecule has 1 aliphatic heterocycles. The van der Waals surface area contributed by atoms with E-state index in [2.05, 4.69) is 46.5 Å². The predicted molar refractivity (Wildman–Crippen MR) is 112 cm³/mol. The molecule has 8 heteroatoms. The molecule has 0 bridgehead atoms. The number of rotatable bonds is 8. The van der Waals surface area contributed by atoms with Gasteiger partial charge in [-0.25, -0.2) is 4.99 Å². The third kappa shape index (κ3) is 8.28. The largest absolute Gasteiger partial charge is 0.379 e. The van der Waals surface area contributed by atoms with Gasteiger partial charge < -0.3 is 20.3 Å². The van der Waals surface area contributed by atoms with E-state index in [-0.39, 0.29) is 18.5 Å². The first kappa shape index (κ1) is 21.7. The van der Waals surface area contributed by atoms with Crippen molar-refractivity contribution in [3.63, 3.8) is 0 Å². The van der Waals surface area contributed by atoms with E-state index in [1.807, 2.05) is 11.3 Å². The Balaban J connectivity index is 1.87. The number of guanidine groups is 1. The van der Waals surface area contributed by atoms with Gasteiger partial charge in [0.15, 0.2) is 5.96 Å². The summed E-state index contributed by atoms with van der Waals surface area (Å²) < 4.78 is 5.39. The van der Waals surface area contributed by atoms with E-state index >= 15 is 0 Å². The average molecular weight is 396 g/mol. The summed E-state index contributed by atoms with van der Waals surface area (Å²) in [5.41, 5.74) is 0. The maximum atomic E-state index is 11.9. The summed E-state index contributed by atoms with van der Waals surface area (Å²) in [6.07, 6.45) is 0.935. The van der Waals surface area contributed by atoms with Gasteiger partial charge in [0, 0.05) is 62.5 Å². The Hall–Kier alpha value is -1.64. The summed E-state index contributed by atoms with van der Waals surface area (Å²) in [7, 11) is 3.50. The van der Waals surface area contributed by atoms with Gasteiger partial charge in [0.25, 0.3) is 0 Å². The molecule has 27 heavy (non-hydrogen) atoms. The van der Waals surface area contributed by atoms with Crippen LogP contribution in [0.2, 0.25) is 0 Å². The van der Waals surface area contributed by atoms with E-state index in [4.69, 9.17) is 4.74 Å². The van der Waals surface area contributed by atoms with Crippen molar-refractivity contribution in [2.24, 2.45) is 4.99 Å². The fourth-order valence-electron chi connectivity index (χ4n) is 2.78. The summed E-state index contributed by atoms with van der Waals surface area (Å²) in [6.45, 7) is 9.66. The minimum absolute atomic E-state index is 0.00851. The molecule has 1 amide bonds. The van der Waals surface area contributed by atoms with E-state index in [9.17, 15) is 4.79 Å². The molecule has 1 aromatic rings. The number of aliphatic imine (C=N–C) groups is 1. The Morgan fingerprint density at radius 1 is 1.37 bits per heavy atom. The van der Waals surface area contributed by atoms with Gasteiger partial charge in [-0.05, 0) is 26.0 Å². The average Bonchev–Trinajstić information content (AvgIpc) is 3.04. The number of hydrogen-bond donors (Lipinski definition) is 2. The van der Waals surface area contributed by atoms with Crippen LogP contribution in [0.15, 0.2) is 17.1 Å². The highest BCUT2D eigenvalue weighted by Crippen LogP contribution is 2.16. The predicted octanol–water partition coefficient (Wildman–Crippen LogP) is 0.943. The molecule has 0 spiro atoms. The molecular weight excluding hydrogens is 362 g/mol. The number of hydrogen-bond acceptors (Lipinski definition) is 5. The summed E-state index contributed by atoms with van der Waals surface area (Å²) in [6, 6.07) is 4.56. The van der Waals surface area contributed by atoms with Crippen molar-refractivity contribution in [2.75, 3.05) is 60.0 Å². The number of thiophene rings is 1. The van der Waals surface area contributed by atoms with Crippen molar-refractivity contribution in [3.05, 3.63) is 21.9 Å². The molecule has 1 fully saturated rings. The third-order valence-electron chi connectivity index (χ3n) is 4.38. The van der Waals surface area contributed by atoms with Crippen LogP contribution >= 0.6 is 11.3 Å². The summed E-state index contributed by atoms with van der Waals surface area (Å²) in [5.74, 6) is 0.685. The molecule has 0 saturated carbocycles. The molecule has 1 unspecified atom stereocenters. The Bertz CT molecular complexity index is 611. The maximum Gasteiger partial charge on any atom is 0.243 e. The Kier molecular flexibility index (Phi) is 9.03.